The first kappa shape index (κ1) is 20.5. The molecule has 1 atom stereocenters. The Kier molecular flexibility index (Phi) is 5.66. The van der Waals surface area contributed by atoms with E-state index in [9.17, 15) is 28.1 Å². The molecule has 0 spiro atoms. The summed E-state index contributed by atoms with van der Waals surface area (Å²) in [7, 11) is 0. The van der Waals surface area contributed by atoms with Gasteiger partial charge >= 0.3 is 12.2 Å². The van der Waals surface area contributed by atoms with Gasteiger partial charge in [0.25, 0.3) is 11.6 Å². The lowest BCUT2D eigenvalue weighted by Crippen LogP contribution is -2.44. The fourth-order valence-electron chi connectivity index (χ4n) is 3.05. The molecule has 0 aliphatic carbocycles. The Labute approximate surface area is 163 Å². The molecule has 29 heavy (non-hydrogen) atoms. The number of rotatable bonds is 4. The number of likely N-dealkylation sites (tertiary alicyclic amines) is 1. The van der Waals surface area contributed by atoms with Gasteiger partial charge < -0.3 is 9.64 Å². The van der Waals surface area contributed by atoms with Crippen molar-refractivity contribution in [3.63, 3.8) is 0 Å². The molecule has 1 fully saturated rings. The van der Waals surface area contributed by atoms with Gasteiger partial charge in [0.1, 0.15) is 6.10 Å². The molecule has 154 valence electrons. The van der Waals surface area contributed by atoms with Gasteiger partial charge in [-0.3, -0.25) is 14.9 Å². The van der Waals surface area contributed by atoms with E-state index < -0.39 is 34.8 Å². The van der Waals surface area contributed by atoms with Crippen LogP contribution < -0.4 is 4.74 Å². The third-order valence-electron chi connectivity index (χ3n) is 4.51. The molecule has 0 saturated carbocycles. The minimum atomic E-state index is -4.62. The number of nitro benzene ring substituents is 1. The highest BCUT2D eigenvalue weighted by Gasteiger charge is 2.34. The van der Waals surface area contributed by atoms with Crippen molar-refractivity contribution in [1.29, 1.82) is 0 Å². The molecule has 1 aromatic heterocycles. The molecule has 1 aliphatic rings. The molecule has 0 N–H and O–H groups in total. The normalized spacial score (nSPS) is 17.1. The third kappa shape index (κ3) is 4.79. The zero-order valence-electron chi connectivity index (χ0n) is 15.3. The summed E-state index contributed by atoms with van der Waals surface area (Å²) in [4.78, 5) is 31.8. The number of aromatic nitrogens is 2. The van der Waals surface area contributed by atoms with Crippen LogP contribution in [-0.4, -0.2) is 44.9 Å². The van der Waals surface area contributed by atoms with E-state index in [1.807, 2.05) is 0 Å². The number of ether oxygens (including phenoxy) is 1. The summed E-state index contributed by atoms with van der Waals surface area (Å²) in [6.07, 6.45) is -3.17. The van der Waals surface area contributed by atoms with Gasteiger partial charge in [0.15, 0.2) is 5.69 Å². The maximum absolute atomic E-state index is 12.8. The van der Waals surface area contributed by atoms with Crippen molar-refractivity contribution in [2.45, 2.75) is 32.0 Å². The summed E-state index contributed by atoms with van der Waals surface area (Å²) in [6, 6.07) is 4.56. The van der Waals surface area contributed by atoms with Gasteiger partial charge in [-0.2, -0.15) is 18.2 Å². The second-order valence-electron chi connectivity index (χ2n) is 6.61. The quantitative estimate of drug-likeness (QED) is 0.566. The molecule has 8 nitrogen and oxygen atoms in total. The molecule has 1 saturated heterocycles. The van der Waals surface area contributed by atoms with Gasteiger partial charge in [-0.25, -0.2) is 4.98 Å². The minimum absolute atomic E-state index is 0.111. The third-order valence-corrected chi connectivity index (χ3v) is 4.51. The number of carbonyl (C=O) groups is 1. The molecule has 1 aliphatic heterocycles. The molecular weight excluding hydrogens is 393 g/mol. The number of nitro groups is 1. The Bertz CT molecular complexity index is 936. The predicted molar refractivity (Wildman–Crippen MR) is 94.4 cm³/mol. The van der Waals surface area contributed by atoms with E-state index in [4.69, 9.17) is 4.74 Å². The van der Waals surface area contributed by atoms with Crippen LogP contribution >= 0.6 is 0 Å². The predicted octanol–water partition coefficient (Wildman–Crippen LogP) is 3.40. The van der Waals surface area contributed by atoms with Crippen LogP contribution in [0.15, 0.2) is 30.5 Å². The SMILES string of the molecule is Cc1ccc(C(=O)N2CCCC(Oc3nccc(C(F)(F)F)n3)C2)cc1[N+](=O)[O-]. The van der Waals surface area contributed by atoms with E-state index in [2.05, 4.69) is 9.97 Å². The Morgan fingerprint density at radius 2 is 2.10 bits per heavy atom. The first-order chi connectivity index (χ1) is 13.6. The summed E-state index contributed by atoms with van der Waals surface area (Å²) in [5.41, 5.74) is -0.664. The molecule has 1 amide bonds. The fourth-order valence-corrected chi connectivity index (χ4v) is 3.05. The van der Waals surface area contributed by atoms with Crippen LogP contribution in [0.1, 0.15) is 34.5 Å². The van der Waals surface area contributed by atoms with E-state index in [1.165, 1.54) is 23.1 Å². The van der Waals surface area contributed by atoms with Crippen LogP contribution in [0.25, 0.3) is 0 Å². The smallest absolute Gasteiger partial charge is 0.433 e. The van der Waals surface area contributed by atoms with Crippen LogP contribution in [0.3, 0.4) is 0 Å². The summed E-state index contributed by atoms with van der Waals surface area (Å²) >= 11 is 0. The van der Waals surface area contributed by atoms with Crippen molar-refractivity contribution < 1.29 is 27.6 Å². The van der Waals surface area contributed by atoms with Crippen molar-refractivity contribution in [2.75, 3.05) is 13.1 Å². The fraction of sp³-hybridized carbons (Fsp3) is 0.389. The lowest BCUT2D eigenvalue weighted by atomic mass is 10.1. The van der Waals surface area contributed by atoms with Gasteiger partial charge in [-0.05, 0) is 31.9 Å². The van der Waals surface area contributed by atoms with E-state index in [1.54, 1.807) is 6.92 Å². The van der Waals surface area contributed by atoms with Crippen LogP contribution in [0.4, 0.5) is 18.9 Å². The highest BCUT2D eigenvalue weighted by Crippen LogP contribution is 2.28. The molecule has 1 unspecified atom stereocenters. The van der Waals surface area contributed by atoms with Gasteiger partial charge in [-0.1, -0.05) is 6.07 Å². The van der Waals surface area contributed by atoms with Crippen molar-refractivity contribution in [3.05, 3.63) is 57.4 Å². The van der Waals surface area contributed by atoms with E-state index in [-0.39, 0.29) is 17.8 Å². The monoisotopic (exact) mass is 410 g/mol. The highest BCUT2D eigenvalue weighted by molar-refractivity contribution is 5.95. The summed E-state index contributed by atoms with van der Waals surface area (Å²) in [5, 5.41) is 11.1. The molecule has 3 rings (SSSR count). The van der Waals surface area contributed by atoms with Crippen LogP contribution in [-0.2, 0) is 6.18 Å². The maximum Gasteiger partial charge on any atom is 0.433 e. The Morgan fingerprint density at radius 3 is 2.79 bits per heavy atom. The van der Waals surface area contributed by atoms with E-state index >= 15 is 0 Å². The van der Waals surface area contributed by atoms with Crippen LogP contribution in [0.2, 0.25) is 0 Å². The first-order valence-electron chi connectivity index (χ1n) is 8.76. The Morgan fingerprint density at radius 1 is 1.34 bits per heavy atom. The number of nitrogens with zero attached hydrogens (tertiary/aromatic N) is 4. The summed E-state index contributed by atoms with van der Waals surface area (Å²) in [5.74, 6) is -0.411. The average molecular weight is 410 g/mol. The standard InChI is InChI=1S/C18H17F3N4O4/c1-11-4-5-12(9-14(11)25(27)28)16(26)24-8-2-3-13(10-24)29-17-22-7-6-15(23-17)18(19,20)21/h4-7,9,13H,2-3,8,10H2,1H3. The first-order valence-corrected chi connectivity index (χ1v) is 8.76. The number of alkyl halides is 3. The number of halogens is 3. The maximum atomic E-state index is 12.8. The van der Waals surface area contributed by atoms with Crippen LogP contribution in [0, 0.1) is 17.0 Å². The molecule has 0 radical (unpaired) electrons. The summed E-state index contributed by atoms with van der Waals surface area (Å²) < 4.78 is 43.8. The molecule has 11 heteroatoms. The number of amides is 1. The molecule has 2 aromatic rings. The Hall–Kier alpha value is -3.24. The van der Waals surface area contributed by atoms with Crippen LogP contribution in [0.5, 0.6) is 6.01 Å². The van der Waals surface area contributed by atoms with E-state index in [0.717, 1.165) is 12.3 Å². The summed E-state index contributed by atoms with van der Waals surface area (Å²) in [6.45, 7) is 2.09. The molecular formula is C18H17F3N4O4. The van der Waals surface area contributed by atoms with Gasteiger partial charge in [0.05, 0.1) is 11.5 Å². The second kappa shape index (κ2) is 8.02. The average Bonchev–Trinajstić information content (AvgIpc) is 2.67. The number of hydrogen-bond acceptors (Lipinski definition) is 6. The minimum Gasteiger partial charge on any atom is -0.458 e. The topological polar surface area (TPSA) is 98.5 Å². The van der Waals surface area contributed by atoms with Crippen molar-refractivity contribution in [3.8, 4) is 6.01 Å². The molecule has 1 aromatic carbocycles. The second-order valence-corrected chi connectivity index (χ2v) is 6.61. The number of benzene rings is 1. The van der Waals surface area contributed by atoms with Crippen molar-refractivity contribution in [2.24, 2.45) is 0 Å². The number of aryl methyl sites for hydroxylation is 1. The highest BCUT2D eigenvalue weighted by atomic mass is 19.4. The number of hydrogen-bond donors (Lipinski definition) is 0. The zero-order chi connectivity index (χ0) is 21.2. The largest absolute Gasteiger partial charge is 0.458 e. The number of carbonyl (C=O) groups excluding carboxylic acids is 1. The lowest BCUT2D eigenvalue weighted by molar-refractivity contribution is -0.385. The van der Waals surface area contributed by atoms with Gasteiger partial charge in [-0.15, -0.1) is 0 Å². The molecule has 0 bridgehead atoms. The zero-order valence-corrected chi connectivity index (χ0v) is 15.3. The molecule has 2 heterocycles. The lowest BCUT2D eigenvalue weighted by Gasteiger charge is -2.32. The number of piperidine rings is 1. The van der Waals surface area contributed by atoms with Crippen molar-refractivity contribution >= 4 is 11.6 Å². The van der Waals surface area contributed by atoms with Crippen molar-refractivity contribution in [1.82, 2.24) is 14.9 Å². The Balaban J connectivity index is 1.72. The van der Waals surface area contributed by atoms with Gasteiger partial charge in [0, 0.05) is 29.9 Å². The van der Waals surface area contributed by atoms with Gasteiger partial charge in [0.2, 0.25) is 0 Å². The van der Waals surface area contributed by atoms with E-state index in [0.29, 0.717) is 24.9 Å².